The summed E-state index contributed by atoms with van der Waals surface area (Å²) in [6.07, 6.45) is 11.6. The van der Waals surface area contributed by atoms with Gasteiger partial charge in [-0.3, -0.25) is 4.79 Å². The lowest BCUT2D eigenvalue weighted by Crippen LogP contribution is -2.09. The molecule has 1 aliphatic heterocycles. The highest BCUT2D eigenvalue weighted by Crippen LogP contribution is 2.38. The topological polar surface area (TPSA) is 29.1 Å². The maximum absolute atomic E-state index is 12.5. The van der Waals surface area contributed by atoms with Crippen molar-refractivity contribution in [2.45, 2.75) is 0 Å². The third kappa shape index (κ3) is 2.79. The molecule has 0 fully saturated rings. The number of hydrogen-bond acceptors (Lipinski definition) is 2. The van der Waals surface area contributed by atoms with Crippen LogP contribution in [0.2, 0.25) is 0 Å². The van der Waals surface area contributed by atoms with Gasteiger partial charge >= 0.3 is 0 Å². The van der Waals surface area contributed by atoms with E-state index in [-0.39, 0.29) is 5.78 Å². The van der Waals surface area contributed by atoms with Crippen molar-refractivity contribution in [1.29, 1.82) is 0 Å². The van der Waals surface area contributed by atoms with Crippen molar-refractivity contribution >= 4 is 16.6 Å². The zero-order chi connectivity index (χ0) is 17.1. The zero-order valence-corrected chi connectivity index (χ0v) is 13.6. The summed E-state index contributed by atoms with van der Waals surface area (Å²) in [5.74, 6) is 0.134. The molecule has 1 aliphatic carbocycles. The first-order valence-electron chi connectivity index (χ1n) is 8.26. The fourth-order valence-electron chi connectivity index (χ4n) is 3.22. The molecule has 25 heavy (non-hydrogen) atoms. The van der Waals surface area contributed by atoms with Crippen LogP contribution in [0.3, 0.4) is 0 Å². The van der Waals surface area contributed by atoms with E-state index in [1.54, 1.807) is 0 Å². The number of ketones is 1. The first kappa shape index (κ1) is 15.2. The predicted molar refractivity (Wildman–Crippen MR) is 103 cm³/mol. The summed E-state index contributed by atoms with van der Waals surface area (Å²) in [6.45, 7) is 0. The molecule has 5 rings (SSSR count). The second-order valence-electron chi connectivity index (χ2n) is 5.85. The molecule has 1 heterocycles. The smallest absolute Gasteiger partial charge is 0.194 e. The predicted octanol–water partition coefficient (Wildman–Crippen LogP) is 5.22. The largest absolute Gasteiger partial charge is 0.368 e. The molecule has 0 atom stereocenters. The Kier molecular flexibility index (Phi) is 4.01. The second kappa shape index (κ2) is 6.62. The van der Waals surface area contributed by atoms with Crippen LogP contribution in [0, 0.1) is 0 Å². The van der Waals surface area contributed by atoms with Gasteiger partial charge in [-0.25, -0.2) is 0 Å². The second-order valence-corrected chi connectivity index (χ2v) is 5.85. The third-order valence-corrected chi connectivity index (χ3v) is 4.33. The Balaban J connectivity index is 0.000000190. The van der Waals surface area contributed by atoms with Gasteiger partial charge in [0.1, 0.15) is 0 Å². The van der Waals surface area contributed by atoms with Crippen LogP contribution in [0.25, 0.3) is 21.9 Å². The molecule has 0 aromatic heterocycles. The van der Waals surface area contributed by atoms with E-state index in [9.17, 15) is 4.79 Å². The van der Waals surface area contributed by atoms with Gasteiger partial charge in [0.05, 0.1) is 0 Å². The lowest BCUT2D eigenvalue weighted by Gasteiger charge is -2.19. The number of benzene rings is 3. The van der Waals surface area contributed by atoms with Gasteiger partial charge in [0.2, 0.25) is 0 Å². The maximum atomic E-state index is 12.5. The average molecular weight is 323 g/mol. The number of hydrogen-bond donors (Lipinski definition) is 1. The van der Waals surface area contributed by atoms with E-state index in [4.69, 9.17) is 0 Å². The Morgan fingerprint density at radius 1 is 0.560 bits per heavy atom. The lowest BCUT2D eigenvalue weighted by molar-refractivity contribution is 0.104. The van der Waals surface area contributed by atoms with Gasteiger partial charge in [-0.15, -0.1) is 0 Å². The van der Waals surface area contributed by atoms with Gasteiger partial charge in [-0.05, 0) is 28.7 Å². The van der Waals surface area contributed by atoms with E-state index in [0.29, 0.717) is 0 Å². The van der Waals surface area contributed by atoms with E-state index in [2.05, 4.69) is 23.5 Å². The molecule has 120 valence electrons. The fourth-order valence-corrected chi connectivity index (χ4v) is 3.22. The summed E-state index contributed by atoms with van der Waals surface area (Å²) < 4.78 is 0. The summed E-state index contributed by atoms with van der Waals surface area (Å²) >= 11 is 0. The molecule has 2 nitrogen and oxygen atoms in total. The van der Waals surface area contributed by atoms with Gasteiger partial charge in [0.25, 0.3) is 0 Å². The Morgan fingerprint density at radius 2 is 1.16 bits per heavy atom. The van der Waals surface area contributed by atoms with Crippen molar-refractivity contribution < 1.29 is 4.79 Å². The highest BCUT2D eigenvalue weighted by molar-refractivity contribution is 6.25. The van der Waals surface area contributed by atoms with E-state index in [0.717, 1.165) is 27.5 Å². The molecule has 3 aromatic rings. The minimum absolute atomic E-state index is 0.134. The van der Waals surface area contributed by atoms with Crippen molar-refractivity contribution in [1.82, 2.24) is 5.32 Å². The lowest BCUT2D eigenvalue weighted by atomic mass is 9.83. The van der Waals surface area contributed by atoms with Crippen LogP contribution in [-0.4, -0.2) is 5.78 Å². The van der Waals surface area contributed by atoms with Crippen molar-refractivity contribution in [2.24, 2.45) is 0 Å². The minimum atomic E-state index is 0.134. The molecule has 0 saturated carbocycles. The summed E-state index contributed by atoms with van der Waals surface area (Å²) in [7, 11) is 0. The zero-order valence-electron chi connectivity index (χ0n) is 13.6. The molecule has 0 saturated heterocycles. The standard InChI is InChI=1S/C17H10O.C6H7N/c18-17-14-8-2-1-7-12(14)13-9-3-5-11-6-4-10-15(17)16(11)13;1-2-4-6-7-5-3-1/h1-10H;1-7H. The number of rotatable bonds is 0. The summed E-state index contributed by atoms with van der Waals surface area (Å²) in [5.41, 5.74) is 3.84. The number of fused-ring (bicyclic) bond motifs is 2. The number of carbonyl (C=O) groups excluding carboxylic acids is 1. The molecule has 0 spiro atoms. The average Bonchev–Trinajstić information content (AvgIpc) is 2.99. The van der Waals surface area contributed by atoms with Gasteiger partial charge in [-0.2, -0.15) is 0 Å². The van der Waals surface area contributed by atoms with Crippen LogP contribution in [0.15, 0.2) is 97.4 Å². The molecule has 2 aliphatic rings. The van der Waals surface area contributed by atoms with Crippen LogP contribution in [-0.2, 0) is 0 Å². The van der Waals surface area contributed by atoms with E-state index >= 15 is 0 Å². The van der Waals surface area contributed by atoms with Gasteiger partial charge in [0, 0.05) is 28.9 Å². The van der Waals surface area contributed by atoms with Crippen molar-refractivity contribution in [3.8, 4) is 11.1 Å². The monoisotopic (exact) mass is 323 g/mol. The Hall–Kier alpha value is -3.39. The first-order valence-corrected chi connectivity index (χ1v) is 8.26. The molecule has 0 radical (unpaired) electrons. The Morgan fingerprint density at radius 3 is 1.88 bits per heavy atom. The van der Waals surface area contributed by atoms with Crippen LogP contribution >= 0.6 is 0 Å². The van der Waals surface area contributed by atoms with Crippen molar-refractivity contribution in [3.63, 3.8) is 0 Å². The third-order valence-electron chi connectivity index (χ3n) is 4.33. The number of allylic oxidation sites excluding steroid dienone is 4. The number of nitrogens with one attached hydrogen (secondary N) is 1. The Labute approximate surface area is 146 Å². The number of carbonyl (C=O) groups is 1. The summed E-state index contributed by atoms with van der Waals surface area (Å²) in [4.78, 5) is 12.5. The molecular weight excluding hydrogens is 306 g/mol. The van der Waals surface area contributed by atoms with Gasteiger partial charge < -0.3 is 5.32 Å². The van der Waals surface area contributed by atoms with E-state index < -0.39 is 0 Å². The summed E-state index contributed by atoms with van der Waals surface area (Å²) in [5, 5.41) is 5.14. The van der Waals surface area contributed by atoms with Crippen LogP contribution in [0.1, 0.15) is 15.9 Å². The van der Waals surface area contributed by atoms with Gasteiger partial charge in [-0.1, -0.05) is 72.8 Å². The van der Waals surface area contributed by atoms with E-state index in [1.807, 2.05) is 79.2 Å². The van der Waals surface area contributed by atoms with Crippen molar-refractivity contribution in [3.05, 3.63) is 108 Å². The molecule has 2 heteroatoms. The molecule has 0 bridgehead atoms. The SMILES string of the molecule is C1=CC=CNC=C1.O=C1c2ccccc2-c2cccc3cccc1c23. The highest BCUT2D eigenvalue weighted by Gasteiger charge is 2.23. The molecule has 1 N–H and O–H groups in total. The maximum Gasteiger partial charge on any atom is 0.194 e. The normalized spacial score (nSPS) is 13.5. The van der Waals surface area contributed by atoms with Crippen molar-refractivity contribution in [2.75, 3.05) is 0 Å². The van der Waals surface area contributed by atoms with Gasteiger partial charge in [0.15, 0.2) is 5.78 Å². The molecule has 0 unspecified atom stereocenters. The van der Waals surface area contributed by atoms with Crippen LogP contribution in [0.4, 0.5) is 0 Å². The van der Waals surface area contributed by atoms with Crippen LogP contribution < -0.4 is 5.32 Å². The molecular formula is C23H17NO. The summed E-state index contributed by atoms with van der Waals surface area (Å²) in [6, 6.07) is 20.0. The van der Waals surface area contributed by atoms with Crippen LogP contribution in [0.5, 0.6) is 0 Å². The first-order chi connectivity index (χ1) is 12.4. The molecule has 0 amide bonds. The highest BCUT2D eigenvalue weighted by atomic mass is 16.1. The quantitative estimate of drug-likeness (QED) is 0.480. The fraction of sp³-hybridized carbons (Fsp3) is 0. The minimum Gasteiger partial charge on any atom is -0.368 e. The van der Waals surface area contributed by atoms with E-state index in [1.165, 1.54) is 5.56 Å². The Bertz CT molecular complexity index is 1020. The molecule has 3 aromatic carbocycles.